The summed E-state index contributed by atoms with van der Waals surface area (Å²) in [6.07, 6.45) is 6.15. The van der Waals surface area contributed by atoms with Crippen molar-refractivity contribution in [1.82, 2.24) is 9.47 Å². The fourth-order valence-electron chi connectivity index (χ4n) is 5.19. The van der Waals surface area contributed by atoms with Crippen LogP contribution in [0.15, 0.2) is 60.8 Å². The minimum absolute atomic E-state index is 0.236. The minimum Gasteiger partial charge on any atom is -0.310 e. The first-order valence-electron chi connectivity index (χ1n) is 11.6. The summed E-state index contributed by atoms with van der Waals surface area (Å²) >= 11 is 1.74. The summed E-state index contributed by atoms with van der Waals surface area (Å²) in [5, 5.41) is 3.62. The van der Waals surface area contributed by atoms with Crippen LogP contribution >= 0.6 is 11.3 Å². The number of hydrogen-bond donors (Lipinski definition) is 1. The van der Waals surface area contributed by atoms with Gasteiger partial charge in [0, 0.05) is 22.7 Å². The van der Waals surface area contributed by atoms with Crippen LogP contribution in [-0.4, -0.2) is 15.5 Å². The molecule has 2 amide bonds. The Morgan fingerprint density at radius 2 is 1.77 bits per heavy atom. The van der Waals surface area contributed by atoms with Gasteiger partial charge >= 0.3 is 6.03 Å². The molecule has 1 atom stereocenters. The molecule has 0 saturated carbocycles. The standard InChI is InChI=1S/C27H22F3N3OS/c28-17-6-3-5-16(13-17)25-23-8-4-12-32(23)26-20(19-7-1-2-9-24(19)35-26)15-33(25)27(34)31-22-14-18(29)10-11-21(22)30/h3-6,8,10-14,25H,1-2,7,9,15H2,(H,31,34)/t25-/m1/s1. The van der Waals surface area contributed by atoms with Crippen molar-refractivity contribution in [3.05, 3.63) is 106 Å². The van der Waals surface area contributed by atoms with E-state index in [9.17, 15) is 18.0 Å². The van der Waals surface area contributed by atoms with E-state index >= 15 is 0 Å². The van der Waals surface area contributed by atoms with Gasteiger partial charge in [0.2, 0.25) is 0 Å². The van der Waals surface area contributed by atoms with Gasteiger partial charge in [0.05, 0.1) is 24.0 Å². The normalized spacial score (nSPS) is 16.8. The second-order valence-corrected chi connectivity index (χ2v) is 10.0. The van der Waals surface area contributed by atoms with Gasteiger partial charge in [0.15, 0.2) is 0 Å². The second kappa shape index (κ2) is 8.61. The van der Waals surface area contributed by atoms with E-state index in [1.807, 2.05) is 18.3 Å². The summed E-state index contributed by atoms with van der Waals surface area (Å²) in [6.45, 7) is 0.271. The highest BCUT2D eigenvalue weighted by atomic mass is 32.1. The van der Waals surface area contributed by atoms with Gasteiger partial charge in [-0.1, -0.05) is 12.1 Å². The molecule has 1 aliphatic heterocycles. The molecule has 0 radical (unpaired) electrons. The fourth-order valence-corrected chi connectivity index (χ4v) is 6.60. The van der Waals surface area contributed by atoms with Crippen LogP contribution in [0.25, 0.3) is 5.00 Å². The van der Waals surface area contributed by atoms with Gasteiger partial charge in [0.25, 0.3) is 0 Å². The molecule has 0 spiro atoms. The summed E-state index contributed by atoms with van der Waals surface area (Å²) in [7, 11) is 0. The number of halogens is 3. The summed E-state index contributed by atoms with van der Waals surface area (Å²) in [5.74, 6) is -1.79. The Morgan fingerprint density at radius 1 is 0.943 bits per heavy atom. The number of rotatable bonds is 2. The Balaban J connectivity index is 1.51. The Labute approximate surface area is 204 Å². The molecule has 8 heteroatoms. The molecule has 35 heavy (non-hydrogen) atoms. The molecular weight excluding hydrogens is 471 g/mol. The van der Waals surface area contributed by atoms with Crippen LogP contribution in [0, 0.1) is 17.5 Å². The lowest BCUT2D eigenvalue weighted by molar-refractivity contribution is 0.194. The van der Waals surface area contributed by atoms with E-state index in [0.29, 0.717) is 5.56 Å². The molecule has 2 aliphatic rings. The quantitative estimate of drug-likeness (QED) is 0.322. The Kier molecular flexibility index (Phi) is 5.40. The largest absolute Gasteiger partial charge is 0.323 e. The number of amides is 2. The third-order valence-electron chi connectivity index (χ3n) is 6.77. The molecule has 2 aromatic carbocycles. The Hall–Kier alpha value is -3.52. The van der Waals surface area contributed by atoms with Crippen molar-refractivity contribution in [2.75, 3.05) is 5.32 Å². The average molecular weight is 494 g/mol. The first-order valence-corrected chi connectivity index (χ1v) is 12.4. The van der Waals surface area contributed by atoms with Crippen LogP contribution in [0.5, 0.6) is 0 Å². The van der Waals surface area contributed by atoms with Crippen molar-refractivity contribution >= 4 is 23.1 Å². The number of carbonyl (C=O) groups is 1. The monoisotopic (exact) mass is 493 g/mol. The SMILES string of the molecule is O=C(Nc1cc(F)ccc1F)N1Cc2c(sc3c2CCCC3)-n2cccc2[C@H]1c1cccc(F)c1. The molecule has 0 saturated heterocycles. The molecule has 0 fully saturated rings. The van der Waals surface area contributed by atoms with Crippen LogP contribution in [0.1, 0.15) is 46.1 Å². The summed E-state index contributed by atoms with van der Waals surface area (Å²) in [6, 6.07) is 11.7. The number of hydrogen-bond acceptors (Lipinski definition) is 2. The zero-order valence-electron chi connectivity index (χ0n) is 18.7. The van der Waals surface area contributed by atoms with Gasteiger partial charge < -0.3 is 14.8 Å². The predicted molar refractivity (Wildman–Crippen MR) is 129 cm³/mol. The lowest BCUT2D eigenvalue weighted by atomic mass is 9.95. The van der Waals surface area contributed by atoms with Gasteiger partial charge in [-0.15, -0.1) is 11.3 Å². The van der Waals surface area contributed by atoms with Gasteiger partial charge in [-0.2, -0.15) is 0 Å². The average Bonchev–Trinajstić information content (AvgIpc) is 3.43. The number of thiophene rings is 1. The summed E-state index contributed by atoms with van der Waals surface area (Å²) in [5.41, 5.74) is 3.51. The van der Waals surface area contributed by atoms with Crippen molar-refractivity contribution in [3.63, 3.8) is 0 Å². The van der Waals surface area contributed by atoms with Crippen molar-refractivity contribution in [2.45, 2.75) is 38.3 Å². The number of anilines is 1. The second-order valence-electron chi connectivity index (χ2n) is 8.94. The van der Waals surface area contributed by atoms with Crippen molar-refractivity contribution in [2.24, 2.45) is 0 Å². The maximum Gasteiger partial charge on any atom is 0.323 e. The fraction of sp³-hybridized carbons (Fsp3) is 0.222. The molecule has 2 aromatic heterocycles. The van der Waals surface area contributed by atoms with Crippen LogP contribution in [0.3, 0.4) is 0 Å². The smallest absolute Gasteiger partial charge is 0.310 e. The van der Waals surface area contributed by atoms with E-state index in [1.54, 1.807) is 28.4 Å². The number of fused-ring (bicyclic) bond motifs is 5. The summed E-state index contributed by atoms with van der Waals surface area (Å²) in [4.78, 5) is 16.6. The number of carbonyl (C=O) groups excluding carboxylic acids is 1. The number of urea groups is 1. The minimum atomic E-state index is -0.728. The molecule has 3 heterocycles. The molecule has 1 N–H and O–H groups in total. The molecule has 4 nitrogen and oxygen atoms in total. The zero-order valence-corrected chi connectivity index (χ0v) is 19.5. The number of nitrogens with one attached hydrogen (secondary N) is 1. The van der Waals surface area contributed by atoms with Crippen LogP contribution < -0.4 is 5.32 Å². The number of aromatic nitrogens is 1. The maximum atomic E-state index is 14.4. The lowest BCUT2D eigenvalue weighted by Crippen LogP contribution is -2.38. The third-order valence-corrected chi connectivity index (χ3v) is 8.11. The predicted octanol–water partition coefficient (Wildman–Crippen LogP) is 6.97. The van der Waals surface area contributed by atoms with Gasteiger partial charge in [0.1, 0.15) is 22.5 Å². The van der Waals surface area contributed by atoms with E-state index < -0.39 is 29.5 Å². The van der Waals surface area contributed by atoms with Gasteiger partial charge in [-0.25, -0.2) is 18.0 Å². The highest BCUT2D eigenvalue weighted by Crippen LogP contribution is 2.44. The van der Waals surface area contributed by atoms with E-state index in [-0.39, 0.29) is 12.2 Å². The van der Waals surface area contributed by atoms with Crippen LogP contribution in [0.4, 0.5) is 23.7 Å². The lowest BCUT2D eigenvalue weighted by Gasteiger charge is -2.31. The molecule has 178 valence electrons. The molecule has 0 bridgehead atoms. The van der Waals surface area contributed by atoms with E-state index in [0.717, 1.165) is 60.1 Å². The Bertz CT molecular complexity index is 1440. The number of benzene rings is 2. The van der Waals surface area contributed by atoms with Gasteiger partial charge in [-0.3, -0.25) is 0 Å². The number of aryl methyl sites for hydroxylation is 1. The van der Waals surface area contributed by atoms with E-state index in [1.165, 1.54) is 22.6 Å². The van der Waals surface area contributed by atoms with Crippen molar-refractivity contribution in [3.8, 4) is 5.00 Å². The van der Waals surface area contributed by atoms with Crippen molar-refractivity contribution in [1.29, 1.82) is 0 Å². The van der Waals surface area contributed by atoms with E-state index in [4.69, 9.17) is 0 Å². The molecular formula is C27H22F3N3OS. The Morgan fingerprint density at radius 3 is 2.63 bits per heavy atom. The summed E-state index contributed by atoms with van der Waals surface area (Å²) < 4.78 is 44.6. The molecule has 0 unspecified atom stereocenters. The zero-order chi connectivity index (χ0) is 24.1. The van der Waals surface area contributed by atoms with Crippen molar-refractivity contribution < 1.29 is 18.0 Å². The van der Waals surface area contributed by atoms with Crippen LogP contribution in [0.2, 0.25) is 0 Å². The molecule has 6 rings (SSSR count). The topological polar surface area (TPSA) is 37.3 Å². The highest BCUT2D eigenvalue weighted by molar-refractivity contribution is 7.15. The number of nitrogens with zero attached hydrogens (tertiary/aromatic N) is 2. The highest BCUT2D eigenvalue weighted by Gasteiger charge is 2.36. The van der Waals surface area contributed by atoms with Crippen LogP contribution in [-0.2, 0) is 19.4 Å². The molecule has 1 aliphatic carbocycles. The third kappa shape index (κ3) is 3.82. The maximum absolute atomic E-state index is 14.4. The van der Waals surface area contributed by atoms with E-state index in [2.05, 4.69) is 9.88 Å². The van der Waals surface area contributed by atoms with Gasteiger partial charge in [-0.05, 0) is 73.2 Å². The molecule has 4 aromatic rings. The first kappa shape index (κ1) is 22.0. The first-order chi connectivity index (χ1) is 17.0.